The summed E-state index contributed by atoms with van der Waals surface area (Å²) < 4.78 is 35.0. The minimum Gasteiger partial charge on any atom is -0.459 e. The van der Waals surface area contributed by atoms with Gasteiger partial charge in [0.25, 0.3) is 0 Å². The molecule has 1 unspecified atom stereocenters. The van der Waals surface area contributed by atoms with Gasteiger partial charge in [-0.25, -0.2) is 8.42 Å². The largest absolute Gasteiger partial charge is 0.459 e. The molecule has 0 aliphatic carbocycles. The van der Waals surface area contributed by atoms with Crippen LogP contribution < -0.4 is 0 Å². The fourth-order valence-corrected chi connectivity index (χ4v) is 8.76. The molecule has 1 aromatic heterocycles. The molecule has 168 valence electrons. The van der Waals surface area contributed by atoms with E-state index >= 15 is 0 Å². The molecule has 0 bridgehead atoms. The Balaban J connectivity index is 1.28. The van der Waals surface area contributed by atoms with Crippen LogP contribution in [0.25, 0.3) is 10.1 Å². The summed E-state index contributed by atoms with van der Waals surface area (Å²) >= 11 is 1.48. The van der Waals surface area contributed by atoms with Crippen LogP contribution >= 0.6 is 11.3 Å². The standard InChI is InChI=1S/C23H30N2O4S2/c1-22(2)15-23(21(26)29-22)10-5-11-24(16-23)17-8-12-25(13-9-17)31(27,28)20-14-30-19-7-4-3-6-18(19)20/h3-4,6-7,14,17H,5,8-13,15-16H2,1-2H3. The molecule has 3 saturated heterocycles. The van der Waals surface area contributed by atoms with Crippen molar-refractivity contribution in [2.75, 3.05) is 26.2 Å². The van der Waals surface area contributed by atoms with Crippen molar-refractivity contribution in [3.05, 3.63) is 29.6 Å². The number of thiophene rings is 1. The molecule has 6 nitrogen and oxygen atoms in total. The maximum Gasteiger partial charge on any atom is 0.314 e. The van der Waals surface area contributed by atoms with Gasteiger partial charge < -0.3 is 4.74 Å². The Morgan fingerprint density at radius 3 is 2.58 bits per heavy atom. The lowest BCUT2D eigenvalue weighted by Crippen LogP contribution is -2.53. The first-order valence-electron chi connectivity index (χ1n) is 11.1. The number of rotatable bonds is 3. The van der Waals surface area contributed by atoms with Crippen molar-refractivity contribution in [1.29, 1.82) is 0 Å². The smallest absolute Gasteiger partial charge is 0.314 e. The molecule has 31 heavy (non-hydrogen) atoms. The molecule has 1 atom stereocenters. The minimum atomic E-state index is -3.49. The zero-order valence-corrected chi connectivity index (χ0v) is 19.8. The fourth-order valence-electron chi connectivity index (χ4n) is 5.81. The van der Waals surface area contributed by atoms with Crippen molar-refractivity contribution in [1.82, 2.24) is 9.21 Å². The van der Waals surface area contributed by atoms with Gasteiger partial charge in [0.15, 0.2) is 0 Å². The predicted molar refractivity (Wildman–Crippen MR) is 122 cm³/mol. The molecule has 2 aromatic rings. The molecule has 0 saturated carbocycles. The Morgan fingerprint density at radius 2 is 1.87 bits per heavy atom. The molecule has 3 aliphatic rings. The molecule has 1 aromatic carbocycles. The third-order valence-electron chi connectivity index (χ3n) is 7.18. The third-order valence-corrected chi connectivity index (χ3v) is 10.2. The van der Waals surface area contributed by atoms with Gasteiger partial charge in [-0.1, -0.05) is 18.2 Å². The van der Waals surface area contributed by atoms with Crippen LogP contribution in [0.15, 0.2) is 34.5 Å². The molecule has 4 heterocycles. The summed E-state index contributed by atoms with van der Waals surface area (Å²) in [5.74, 6) is -0.0495. The minimum absolute atomic E-state index is 0.0495. The predicted octanol–water partition coefficient (Wildman–Crippen LogP) is 3.86. The normalized spacial score (nSPS) is 28.4. The number of esters is 1. The average molecular weight is 463 g/mol. The number of likely N-dealkylation sites (tertiary alicyclic amines) is 1. The molecule has 0 radical (unpaired) electrons. The van der Waals surface area contributed by atoms with E-state index in [1.165, 1.54) is 11.3 Å². The SMILES string of the molecule is CC1(C)CC2(CCCN(C3CCN(S(=O)(=O)c4csc5ccccc45)CC3)C2)C(=O)O1. The van der Waals surface area contributed by atoms with E-state index in [1.807, 2.05) is 38.1 Å². The second kappa shape index (κ2) is 7.54. The first kappa shape index (κ1) is 21.4. The van der Waals surface area contributed by atoms with E-state index in [4.69, 9.17) is 4.74 Å². The molecule has 1 spiro atoms. The van der Waals surface area contributed by atoms with Crippen molar-refractivity contribution in [2.24, 2.45) is 5.41 Å². The summed E-state index contributed by atoms with van der Waals surface area (Å²) in [4.78, 5) is 15.5. The lowest BCUT2D eigenvalue weighted by atomic mass is 9.74. The van der Waals surface area contributed by atoms with Crippen molar-refractivity contribution >= 4 is 37.4 Å². The number of hydrogen-bond acceptors (Lipinski definition) is 6. The Labute approximate surface area is 188 Å². The number of carbonyl (C=O) groups excluding carboxylic acids is 1. The number of nitrogens with zero attached hydrogens (tertiary/aromatic N) is 2. The van der Waals surface area contributed by atoms with Gasteiger partial charge in [-0.2, -0.15) is 4.31 Å². The number of ether oxygens (including phenoxy) is 1. The number of sulfonamides is 1. The van der Waals surface area contributed by atoms with E-state index < -0.39 is 10.0 Å². The van der Waals surface area contributed by atoms with Crippen molar-refractivity contribution in [3.63, 3.8) is 0 Å². The van der Waals surface area contributed by atoms with Gasteiger partial charge in [-0.3, -0.25) is 9.69 Å². The van der Waals surface area contributed by atoms with Crippen LogP contribution in [0, 0.1) is 5.41 Å². The molecular weight excluding hydrogens is 432 g/mol. The van der Waals surface area contributed by atoms with Crippen LogP contribution in [0.3, 0.4) is 0 Å². The number of benzene rings is 1. The Morgan fingerprint density at radius 1 is 1.13 bits per heavy atom. The van der Waals surface area contributed by atoms with Gasteiger partial charge in [0, 0.05) is 47.6 Å². The molecule has 0 N–H and O–H groups in total. The van der Waals surface area contributed by atoms with E-state index in [9.17, 15) is 13.2 Å². The summed E-state index contributed by atoms with van der Waals surface area (Å²) in [6, 6.07) is 8.00. The molecule has 8 heteroatoms. The van der Waals surface area contributed by atoms with Crippen LogP contribution in [0.1, 0.15) is 46.0 Å². The molecular formula is C23H30N2O4S2. The monoisotopic (exact) mass is 462 g/mol. The van der Waals surface area contributed by atoms with E-state index in [0.717, 1.165) is 55.3 Å². The quantitative estimate of drug-likeness (QED) is 0.648. The van der Waals surface area contributed by atoms with Crippen molar-refractivity contribution < 1.29 is 17.9 Å². The Bertz CT molecular complexity index is 1100. The first-order valence-corrected chi connectivity index (χ1v) is 13.5. The Kier molecular flexibility index (Phi) is 5.20. The van der Waals surface area contributed by atoms with E-state index in [1.54, 1.807) is 9.69 Å². The van der Waals surface area contributed by atoms with Crippen LogP contribution in [-0.4, -0.2) is 61.4 Å². The number of carbonyl (C=O) groups is 1. The van der Waals surface area contributed by atoms with Gasteiger partial charge in [-0.15, -0.1) is 11.3 Å². The number of cyclic esters (lactones) is 1. The average Bonchev–Trinajstić information content (AvgIpc) is 3.26. The highest BCUT2D eigenvalue weighted by Gasteiger charge is 2.54. The summed E-state index contributed by atoms with van der Waals surface area (Å²) in [6.45, 7) is 6.75. The maximum atomic E-state index is 13.3. The van der Waals surface area contributed by atoms with E-state index in [0.29, 0.717) is 24.0 Å². The Hall–Kier alpha value is -1.48. The van der Waals surface area contributed by atoms with Crippen LogP contribution in [0.2, 0.25) is 0 Å². The maximum absolute atomic E-state index is 13.3. The number of fused-ring (bicyclic) bond motifs is 1. The lowest BCUT2D eigenvalue weighted by Gasteiger charge is -2.44. The van der Waals surface area contributed by atoms with Gasteiger partial charge in [0.2, 0.25) is 10.0 Å². The molecule has 5 rings (SSSR count). The van der Waals surface area contributed by atoms with E-state index in [-0.39, 0.29) is 17.0 Å². The van der Waals surface area contributed by atoms with Crippen LogP contribution in [0.5, 0.6) is 0 Å². The summed E-state index contributed by atoms with van der Waals surface area (Å²) in [5, 5.41) is 2.59. The zero-order valence-electron chi connectivity index (χ0n) is 18.2. The van der Waals surface area contributed by atoms with Crippen LogP contribution in [0.4, 0.5) is 0 Å². The van der Waals surface area contributed by atoms with Gasteiger partial charge in [0.05, 0.1) is 5.41 Å². The zero-order chi connectivity index (χ0) is 21.9. The highest BCUT2D eigenvalue weighted by Crippen LogP contribution is 2.47. The highest BCUT2D eigenvalue weighted by molar-refractivity contribution is 7.89. The second-order valence-corrected chi connectivity index (χ2v) is 12.7. The molecule has 3 aliphatic heterocycles. The number of hydrogen-bond donors (Lipinski definition) is 0. The number of piperidine rings is 2. The fraction of sp³-hybridized carbons (Fsp3) is 0.609. The van der Waals surface area contributed by atoms with Gasteiger partial charge in [0.1, 0.15) is 10.5 Å². The lowest BCUT2D eigenvalue weighted by molar-refractivity contribution is -0.154. The van der Waals surface area contributed by atoms with Crippen LogP contribution in [-0.2, 0) is 19.6 Å². The summed E-state index contributed by atoms with van der Waals surface area (Å²) in [5.41, 5.74) is -0.776. The first-order chi connectivity index (χ1) is 14.7. The summed E-state index contributed by atoms with van der Waals surface area (Å²) in [6.07, 6.45) is 4.26. The van der Waals surface area contributed by atoms with Crippen molar-refractivity contribution in [2.45, 2.75) is 62.5 Å². The van der Waals surface area contributed by atoms with E-state index in [2.05, 4.69) is 4.90 Å². The van der Waals surface area contributed by atoms with Gasteiger partial charge in [-0.05, 0) is 52.1 Å². The van der Waals surface area contributed by atoms with Gasteiger partial charge >= 0.3 is 5.97 Å². The highest BCUT2D eigenvalue weighted by atomic mass is 32.2. The molecule has 0 amide bonds. The molecule has 3 fully saturated rings. The summed E-state index contributed by atoms with van der Waals surface area (Å²) in [7, 11) is -3.49. The second-order valence-electron chi connectivity index (χ2n) is 9.91. The topological polar surface area (TPSA) is 66.9 Å². The third kappa shape index (κ3) is 3.71. The van der Waals surface area contributed by atoms with Crippen molar-refractivity contribution in [3.8, 4) is 0 Å².